The zero-order valence-electron chi connectivity index (χ0n) is 34.9. The van der Waals surface area contributed by atoms with E-state index in [0.29, 0.717) is 12.8 Å². The maximum absolute atomic E-state index is 12.8. The number of aliphatic hydroxyl groups is 5. The molecule has 0 bridgehead atoms. The van der Waals surface area contributed by atoms with Gasteiger partial charge in [0.1, 0.15) is 43.2 Å². The first-order valence-electron chi connectivity index (χ1n) is 21.8. The molecule has 6 unspecified atom stereocenters. The highest BCUT2D eigenvalue weighted by molar-refractivity contribution is 7.47. The van der Waals surface area contributed by atoms with Gasteiger partial charge < -0.3 is 39.9 Å². The molecule has 1 fully saturated rings. The minimum Gasteiger partial charge on any atom is -0.462 e. The van der Waals surface area contributed by atoms with Crippen LogP contribution in [0.1, 0.15) is 168 Å². The van der Waals surface area contributed by atoms with E-state index in [9.17, 15) is 44.6 Å². The lowest BCUT2D eigenvalue weighted by atomic mass is 9.85. The first kappa shape index (κ1) is 53.1. The molecular formula is C43H77O13P. The van der Waals surface area contributed by atoms with Gasteiger partial charge in [-0.2, -0.15) is 0 Å². The summed E-state index contributed by atoms with van der Waals surface area (Å²) in [6.07, 6.45) is 23.4. The Labute approximate surface area is 342 Å². The van der Waals surface area contributed by atoms with Crippen LogP contribution in [0, 0.1) is 0 Å². The van der Waals surface area contributed by atoms with E-state index in [2.05, 4.69) is 50.3 Å². The van der Waals surface area contributed by atoms with Crippen LogP contribution >= 0.6 is 7.82 Å². The molecule has 1 rings (SSSR count). The number of ether oxygens (including phenoxy) is 2. The smallest absolute Gasteiger partial charge is 0.462 e. The predicted molar refractivity (Wildman–Crippen MR) is 221 cm³/mol. The van der Waals surface area contributed by atoms with Crippen molar-refractivity contribution >= 4 is 19.8 Å². The van der Waals surface area contributed by atoms with Crippen LogP contribution in [0.3, 0.4) is 0 Å². The number of carbonyl (C=O) groups excluding carboxylic acids is 2. The third kappa shape index (κ3) is 26.7. The Kier molecular flexibility index (Phi) is 31.5. The largest absolute Gasteiger partial charge is 0.472 e. The van der Waals surface area contributed by atoms with Gasteiger partial charge in [-0.3, -0.25) is 18.6 Å². The standard InChI is InChI=1S/C43H77O13P/c1-3-5-7-9-11-13-15-17-18-20-21-23-25-27-29-31-36(44)53-33-35(34-54-57(51,52)56-43-41(49)39(47)38(46)40(48)42(43)50)55-37(45)32-30-28-26-24-22-19-16-14-12-10-8-6-4-2/h11,13-14,16-18,35,38-43,46-50H,3-10,12,15,19-34H2,1-2H3,(H,51,52)/b13-11+,16-14+,18-17+/t35-,38?,39-,40?,41?,42?,43?/m0/s1. The zero-order valence-corrected chi connectivity index (χ0v) is 35.8. The van der Waals surface area contributed by atoms with Crippen LogP contribution in [0.5, 0.6) is 0 Å². The van der Waals surface area contributed by atoms with Gasteiger partial charge in [-0.1, -0.05) is 121 Å². The molecule has 0 saturated heterocycles. The fraction of sp³-hybridized carbons (Fsp3) is 0.814. The quantitative estimate of drug-likeness (QED) is 0.0156. The molecule has 0 aromatic carbocycles. The van der Waals surface area contributed by atoms with Crippen molar-refractivity contribution in [2.45, 2.75) is 211 Å². The van der Waals surface area contributed by atoms with Gasteiger partial charge in [-0.05, 0) is 70.6 Å². The first-order chi connectivity index (χ1) is 27.4. The normalized spacial score (nSPS) is 23.0. The van der Waals surface area contributed by atoms with E-state index in [1.54, 1.807) is 0 Å². The zero-order chi connectivity index (χ0) is 42.2. The summed E-state index contributed by atoms with van der Waals surface area (Å²) in [5, 5.41) is 50.0. The Balaban J connectivity index is 2.51. The summed E-state index contributed by atoms with van der Waals surface area (Å²) in [6, 6.07) is 0. The third-order valence-corrected chi connectivity index (χ3v) is 10.9. The average Bonchev–Trinajstić information content (AvgIpc) is 3.19. The van der Waals surface area contributed by atoms with E-state index >= 15 is 0 Å². The van der Waals surface area contributed by atoms with Crippen LogP contribution in [0.25, 0.3) is 0 Å². The molecule has 1 aliphatic rings. The molecule has 6 N–H and O–H groups in total. The lowest BCUT2D eigenvalue weighted by Crippen LogP contribution is -2.64. The highest BCUT2D eigenvalue weighted by Crippen LogP contribution is 2.47. The van der Waals surface area contributed by atoms with Crippen molar-refractivity contribution in [3.05, 3.63) is 36.5 Å². The second-order valence-corrected chi connectivity index (χ2v) is 16.6. The van der Waals surface area contributed by atoms with Gasteiger partial charge in [0.25, 0.3) is 0 Å². The molecule has 0 heterocycles. The number of hydrogen-bond acceptors (Lipinski definition) is 12. The number of rotatable bonds is 35. The van der Waals surface area contributed by atoms with Crippen molar-refractivity contribution in [1.82, 2.24) is 0 Å². The summed E-state index contributed by atoms with van der Waals surface area (Å²) in [5.41, 5.74) is 0. The molecule has 332 valence electrons. The van der Waals surface area contributed by atoms with Crippen molar-refractivity contribution in [1.29, 1.82) is 0 Å². The molecule has 0 radical (unpaired) electrons. The number of unbranched alkanes of at least 4 members (excludes halogenated alkanes) is 17. The summed E-state index contributed by atoms with van der Waals surface area (Å²) in [7, 11) is -5.12. The lowest BCUT2D eigenvalue weighted by molar-refractivity contribution is -0.220. The molecule has 57 heavy (non-hydrogen) atoms. The van der Waals surface area contributed by atoms with Crippen LogP contribution in [0.4, 0.5) is 0 Å². The van der Waals surface area contributed by atoms with E-state index in [1.165, 1.54) is 44.9 Å². The summed E-state index contributed by atoms with van der Waals surface area (Å²) in [6.45, 7) is 3.22. The highest BCUT2D eigenvalue weighted by Gasteiger charge is 2.51. The van der Waals surface area contributed by atoms with Crippen molar-refractivity contribution in [3.8, 4) is 0 Å². The number of esters is 2. The molecule has 0 amide bonds. The molecule has 0 aromatic heterocycles. The number of allylic oxidation sites excluding steroid dienone is 6. The predicted octanol–water partition coefficient (Wildman–Crippen LogP) is 7.83. The Morgan fingerprint density at radius 2 is 0.947 bits per heavy atom. The maximum Gasteiger partial charge on any atom is 0.472 e. The Hall–Kier alpha value is -1.93. The van der Waals surface area contributed by atoms with Crippen LogP contribution < -0.4 is 0 Å². The van der Waals surface area contributed by atoms with Gasteiger partial charge in [-0.15, -0.1) is 0 Å². The highest BCUT2D eigenvalue weighted by atomic mass is 31.2. The fourth-order valence-electron chi connectivity index (χ4n) is 6.37. The minimum absolute atomic E-state index is 0.0833. The van der Waals surface area contributed by atoms with Crippen LogP contribution in [0.2, 0.25) is 0 Å². The monoisotopic (exact) mass is 833 g/mol. The third-order valence-electron chi connectivity index (χ3n) is 9.95. The van der Waals surface area contributed by atoms with Crippen LogP contribution in [0.15, 0.2) is 36.5 Å². The Morgan fingerprint density at radius 1 is 0.544 bits per heavy atom. The van der Waals surface area contributed by atoms with Gasteiger partial charge in [0.05, 0.1) is 6.61 Å². The molecule has 0 aromatic rings. The lowest BCUT2D eigenvalue weighted by Gasteiger charge is -2.41. The second kappa shape index (κ2) is 33.9. The molecule has 0 spiro atoms. The summed E-state index contributed by atoms with van der Waals surface area (Å²) < 4.78 is 33.4. The van der Waals surface area contributed by atoms with Gasteiger partial charge in [0, 0.05) is 12.8 Å². The topological polar surface area (TPSA) is 210 Å². The number of aliphatic hydroxyl groups excluding tert-OH is 5. The van der Waals surface area contributed by atoms with Gasteiger partial charge in [-0.25, -0.2) is 4.57 Å². The SMILES string of the molecule is CCCCC/C=C/C/C=C/CCCCCCCC(=O)OC[C@@H](COP(=O)(O)OC1C(O)C(O)C(O)[C@H](O)C1O)OC(=O)CCCCCCC/C=C/CCCCCC. The molecule has 0 aliphatic heterocycles. The van der Waals surface area contributed by atoms with Crippen LogP contribution in [-0.4, -0.2) is 98.3 Å². The summed E-state index contributed by atoms with van der Waals surface area (Å²) in [5.74, 6) is -1.13. The second-order valence-electron chi connectivity index (χ2n) is 15.2. The average molecular weight is 833 g/mol. The van der Waals surface area contributed by atoms with Gasteiger partial charge in [0.2, 0.25) is 0 Å². The number of hydrogen-bond donors (Lipinski definition) is 6. The van der Waals surface area contributed by atoms with Crippen molar-refractivity contribution < 1.29 is 63.1 Å². The molecular weight excluding hydrogens is 755 g/mol. The molecule has 1 saturated carbocycles. The van der Waals surface area contributed by atoms with Crippen LogP contribution in [-0.2, 0) is 32.7 Å². The Bertz CT molecular complexity index is 1150. The van der Waals surface area contributed by atoms with Crippen molar-refractivity contribution in [2.24, 2.45) is 0 Å². The number of phosphoric ester groups is 1. The molecule has 1 aliphatic carbocycles. The molecule has 8 atom stereocenters. The van der Waals surface area contributed by atoms with E-state index < -0.39 is 75.7 Å². The molecule has 13 nitrogen and oxygen atoms in total. The Morgan fingerprint density at radius 3 is 1.47 bits per heavy atom. The summed E-state index contributed by atoms with van der Waals surface area (Å²) >= 11 is 0. The fourth-order valence-corrected chi connectivity index (χ4v) is 7.34. The van der Waals surface area contributed by atoms with Crippen molar-refractivity contribution in [3.63, 3.8) is 0 Å². The molecule has 14 heteroatoms. The number of phosphoric acid groups is 1. The summed E-state index contributed by atoms with van der Waals surface area (Å²) in [4.78, 5) is 35.6. The van der Waals surface area contributed by atoms with Gasteiger partial charge >= 0.3 is 19.8 Å². The first-order valence-corrected chi connectivity index (χ1v) is 23.3. The van der Waals surface area contributed by atoms with Crippen molar-refractivity contribution in [2.75, 3.05) is 13.2 Å². The van der Waals surface area contributed by atoms with E-state index in [-0.39, 0.29) is 12.8 Å². The maximum atomic E-state index is 12.8. The number of carbonyl (C=O) groups is 2. The van der Waals surface area contributed by atoms with Gasteiger partial charge in [0.15, 0.2) is 6.10 Å². The van der Waals surface area contributed by atoms with E-state index in [0.717, 1.165) is 83.5 Å². The van der Waals surface area contributed by atoms with E-state index in [4.69, 9.17) is 18.5 Å². The van der Waals surface area contributed by atoms with E-state index in [1.807, 2.05) is 0 Å². The minimum atomic E-state index is -5.12.